The van der Waals surface area contributed by atoms with Gasteiger partial charge in [0.1, 0.15) is 11.8 Å². The molecule has 0 spiro atoms. The number of pyridine rings is 1. The van der Waals surface area contributed by atoms with Crippen molar-refractivity contribution in [3.8, 4) is 6.07 Å². The second-order valence-electron chi connectivity index (χ2n) is 1.66. The molecular formula is C7H5BrN2O. The van der Waals surface area contributed by atoms with Gasteiger partial charge in [-0.3, -0.25) is 4.79 Å². The van der Waals surface area contributed by atoms with Gasteiger partial charge in [-0.25, -0.2) is 0 Å². The molecule has 0 aliphatic rings. The fourth-order valence-electron chi connectivity index (χ4n) is 0.501. The average molecular weight is 218 g/mol. The Morgan fingerprint density at radius 1 is 1.91 bits per heavy atom. The highest BCUT2D eigenvalue weighted by Crippen LogP contribution is 2.02. The van der Waals surface area contributed by atoms with Gasteiger partial charge in [0, 0.05) is 11.1 Å². The summed E-state index contributed by atoms with van der Waals surface area (Å²) in [6.07, 6.45) is 0. The van der Waals surface area contributed by atoms with Gasteiger partial charge in [0.25, 0.3) is 5.56 Å². The van der Waals surface area contributed by atoms with Crippen LogP contribution in [-0.4, -0.2) is 4.57 Å². The summed E-state index contributed by atoms with van der Waals surface area (Å²) in [4.78, 5) is 11.6. The molecule has 0 aliphatic heterocycles. The highest BCUT2D eigenvalue weighted by atomic mass is 79.9. The summed E-state index contributed by atoms with van der Waals surface area (Å²) in [6.45, 7) is -2.85. The molecule has 3 nitrogen and oxygen atoms in total. The van der Waals surface area contributed by atoms with Crippen LogP contribution >= 0.6 is 15.9 Å². The topological polar surface area (TPSA) is 45.8 Å². The van der Waals surface area contributed by atoms with Gasteiger partial charge < -0.3 is 4.57 Å². The second kappa shape index (κ2) is 2.89. The number of hydrogen-bond donors (Lipinski definition) is 0. The first kappa shape index (κ1) is 3.55. The van der Waals surface area contributed by atoms with Crippen LogP contribution in [-0.2, 0) is 6.98 Å². The molecule has 0 unspecified atom stereocenters. The Bertz CT molecular complexity index is 542. The quantitative estimate of drug-likeness (QED) is 0.652. The van der Waals surface area contributed by atoms with E-state index in [1.54, 1.807) is 0 Å². The molecule has 11 heavy (non-hydrogen) atoms. The van der Waals surface area contributed by atoms with Crippen LogP contribution in [0.15, 0.2) is 21.4 Å². The normalized spacial score (nSPS) is 16.9. The Balaban J connectivity index is 3.89. The summed E-state index contributed by atoms with van der Waals surface area (Å²) in [5.41, 5.74) is -1.66. The largest absolute Gasteiger partial charge is 0.302 e. The molecule has 0 aliphatic carbocycles. The van der Waals surface area contributed by atoms with Crippen LogP contribution in [0.3, 0.4) is 0 Å². The molecule has 1 rings (SSSR count). The first-order valence-electron chi connectivity index (χ1n) is 5.04. The van der Waals surface area contributed by atoms with Gasteiger partial charge >= 0.3 is 0 Å². The number of nitrogens with zero attached hydrogens (tertiary/aromatic N) is 2. The van der Waals surface area contributed by atoms with E-state index in [-0.39, 0.29) is 9.04 Å². The van der Waals surface area contributed by atoms with Crippen LogP contribution < -0.4 is 5.56 Å². The molecule has 0 aromatic carbocycles. The van der Waals surface area contributed by atoms with E-state index in [1.165, 1.54) is 6.07 Å². The van der Waals surface area contributed by atoms with Crippen molar-refractivity contribution in [2.24, 2.45) is 6.98 Å². The summed E-state index contributed by atoms with van der Waals surface area (Å²) in [5.74, 6) is 0. The zero-order chi connectivity index (χ0) is 12.7. The maximum atomic E-state index is 11.6. The minimum Gasteiger partial charge on any atom is -0.302 e. The van der Waals surface area contributed by atoms with Gasteiger partial charge in [-0.05, 0) is 28.0 Å². The molecule has 0 saturated carbocycles. The third kappa shape index (κ3) is 1.33. The van der Waals surface area contributed by atoms with E-state index in [2.05, 4.69) is 15.9 Å². The van der Waals surface area contributed by atoms with Crippen LogP contribution in [0.1, 0.15) is 12.5 Å². The van der Waals surface area contributed by atoms with E-state index in [9.17, 15) is 4.79 Å². The maximum Gasteiger partial charge on any atom is 0.265 e. The standard InChI is InChI=1S/C7H5BrN2O/c1-10-5(4-9)2-3-6(8)7(10)11/h2-3H,1H3/i1D3,2D,3D. The van der Waals surface area contributed by atoms with Crippen LogP contribution in [0.4, 0.5) is 0 Å². The fraction of sp³-hybridized carbons (Fsp3) is 0.143. The van der Waals surface area contributed by atoms with E-state index in [0.717, 1.165) is 0 Å². The Morgan fingerprint density at radius 3 is 3.18 bits per heavy atom. The molecular weight excluding hydrogens is 208 g/mol. The predicted octanol–water partition coefficient (Wildman–Crippen LogP) is 1.02. The van der Waals surface area contributed by atoms with Crippen LogP contribution in [0.2, 0.25) is 0 Å². The molecule has 0 radical (unpaired) electrons. The molecule has 0 bridgehead atoms. The van der Waals surface area contributed by atoms with Gasteiger partial charge in [-0.15, -0.1) is 0 Å². The SMILES string of the molecule is [2H]c1c([2H])c(C#N)n(C([2H])([2H])[2H])c(=O)c1Br. The maximum absolute atomic E-state index is 11.6. The van der Waals surface area contributed by atoms with Crippen molar-refractivity contribution in [1.82, 2.24) is 4.57 Å². The fourth-order valence-corrected chi connectivity index (χ4v) is 0.778. The smallest absolute Gasteiger partial charge is 0.265 e. The number of nitriles is 1. The predicted molar refractivity (Wildman–Crippen MR) is 44.1 cm³/mol. The van der Waals surface area contributed by atoms with Crippen molar-refractivity contribution < 1.29 is 6.85 Å². The molecule has 0 amide bonds. The molecule has 0 N–H and O–H groups in total. The lowest BCUT2D eigenvalue weighted by Gasteiger charge is -1.98. The van der Waals surface area contributed by atoms with Crippen molar-refractivity contribution in [2.45, 2.75) is 0 Å². The molecule has 0 saturated heterocycles. The molecule has 0 fully saturated rings. The molecule has 1 aromatic heterocycles. The summed E-state index contributed by atoms with van der Waals surface area (Å²) in [6, 6.07) is 0.363. The van der Waals surface area contributed by atoms with E-state index in [0.29, 0.717) is 0 Å². The monoisotopic (exact) mass is 217 g/mol. The van der Waals surface area contributed by atoms with Crippen molar-refractivity contribution in [3.63, 3.8) is 0 Å². The molecule has 1 aromatic rings. The van der Waals surface area contributed by atoms with Gasteiger partial charge in [0.15, 0.2) is 0 Å². The summed E-state index contributed by atoms with van der Waals surface area (Å²) < 4.78 is 35.9. The van der Waals surface area contributed by atoms with E-state index in [1.807, 2.05) is 0 Å². The van der Waals surface area contributed by atoms with Gasteiger partial charge in [0.05, 0.1) is 7.21 Å². The lowest BCUT2D eigenvalue weighted by atomic mass is 10.3. The lowest BCUT2D eigenvalue weighted by Crippen LogP contribution is -2.19. The Morgan fingerprint density at radius 2 is 2.64 bits per heavy atom. The lowest BCUT2D eigenvalue weighted by molar-refractivity contribution is 0.836. The minimum atomic E-state index is -2.85. The van der Waals surface area contributed by atoms with Gasteiger partial charge in [0.2, 0.25) is 0 Å². The average Bonchev–Trinajstić information content (AvgIpc) is 2.18. The van der Waals surface area contributed by atoms with E-state index < -0.39 is 30.3 Å². The number of aromatic nitrogens is 1. The highest BCUT2D eigenvalue weighted by molar-refractivity contribution is 9.10. The zero-order valence-electron chi connectivity index (χ0n) is 10.2. The van der Waals surface area contributed by atoms with Crippen molar-refractivity contribution >= 4 is 15.9 Å². The van der Waals surface area contributed by atoms with Crippen molar-refractivity contribution in [3.05, 3.63) is 32.6 Å². The summed E-state index contributed by atoms with van der Waals surface area (Å²) in [5, 5.41) is 8.72. The molecule has 56 valence electrons. The molecule has 4 heteroatoms. The Kier molecular flexibility index (Phi) is 0.931. The molecule has 1 heterocycles. The van der Waals surface area contributed by atoms with Crippen molar-refractivity contribution in [1.29, 1.82) is 5.26 Å². The van der Waals surface area contributed by atoms with Gasteiger partial charge in [-0.2, -0.15) is 5.26 Å². The third-order valence-electron chi connectivity index (χ3n) is 1.01. The first-order valence-corrected chi connectivity index (χ1v) is 3.33. The minimum absolute atomic E-state index is 0.234. The first-order chi connectivity index (χ1) is 7.21. The number of hydrogen-bond acceptors (Lipinski definition) is 2. The third-order valence-corrected chi connectivity index (χ3v) is 1.55. The van der Waals surface area contributed by atoms with E-state index >= 15 is 0 Å². The van der Waals surface area contributed by atoms with Crippen LogP contribution in [0.5, 0.6) is 0 Å². The number of halogens is 1. The Labute approximate surface area is 79.0 Å². The zero-order valence-corrected chi connectivity index (χ0v) is 6.77. The highest BCUT2D eigenvalue weighted by Gasteiger charge is 2.00. The second-order valence-corrected chi connectivity index (χ2v) is 2.46. The summed E-state index contributed by atoms with van der Waals surface area (Å²) >= 11 is 2.74. The van der Waals surface area contributed by atoms with E-state index in [4.69, 9.17) is 12.1 Å². The van der Waals surface area contributed by atoms with Crippen LogP contribution in [0.25, 0.3) is 0 Å². The van der Waals surface area contributed by atoms with Crippen molar-refractivity contribution in [2.75, 3.05) is 0 Å². The Hall–Kier alpha value is -1.08. The van der Waals surface area contributed by atoms with Gasteiger partial charge in [-0.1, -0.05) is 0 Å². The number of rotatable bonds is 0. The molecule has 0 atom stereocenters. The van der Waals surface area contributed by atoms with Crippen LogP contribution in [0, 0.1) is 11.3 Å². The summed E-state index contributed by atoms with van der Waals surface area (Å²) in [7, 11) is 0.